The highest BCUT2D eigenvalue weighted by molar-refractivity contribution is 7.72. The zero-order valence-electron chi connectivity index (χ0n) is 49.7. The SMILES string of the molecule is CCOP(=O)(OCC)C(=O)c1ccc2[nH]c(C(=O)N[C@H]3CN(C(=O)CC4CCC(Cc5ccc6c(c5)n(C)c(=O)n6[C@@H]5CCC(=O)NC5=O)CC4)CC[C@H]4CC[C@@H](C(=O)N[C@@H](CCC(N)=O)C(=O)NC(c5ccccc5)c5ccccc5)N4C3O)cc2c1. The molecular weight excluding hydrogens is 1150 g/mol. The molecule has 0 spiro atoms. The van der Waals surface area contributed by atoms with E-state index >= 15 is 0 Å². The first-order valence-corrected chi connectivity index (χ1v) is 32.0. The lowest BCUT2D eigenvalue weighted by atomic mass is 9.78. The first kappa shape index (κ1) is 63.0. The molecule has 2 aromatic heterocycles. The molecule has 10 rings (SSSR count). The van der Waals surface area contributed by atoms with Gasteiger partial charge in [0.1, 0.15) is 24.0 Å². The van der Waals surface area contributed by atoms with Gasteiger partial charge in [0, 0.05) is 61.9 Å². The van der Waals surface area contributed by atoms with E-state index in [9.17, 15) is 52.8 Å². The highest BCUT2D eigenvalue weighted by atomic mass is 31.2. The first-order valence-electron chi connectivity index (χ1n) is 30.5. The van der Waals surface area contributed by atoms with Crippen molar-refractivity contribution in [1.82, 2.24) is 45.2 Å². The van der Waals surface area contributed by atoms with Gasteiger partial charge < -0.3 is 45.7 Å². The molecule has 0 bridgehead atoms. The van der Waals surface area contributed by atoms with Crippen molar-refractivity contribution in [2.24, 2.45) is 24.6 Å². The summed E-state index contributed by atoms with van der Waals surface area (Å²) in [6, 6.07) is 25.3. The molecule has 1 saturated carbocycles. The van der Waals surface area contributed by atoms with Crippen LogP contribution in [0.5, 0.6) is 0 Å². The Hall–Kier alpha value is -8.08. The quantitative estimate of drug-likeness (QED) is 0.0313. The van der Waals surface area contributed by atoms with Gasteiger partial charge in [0.15, 0.2) is 0 Å². The van der Waals surface area contributed by atoms with Gasteiger partial charge in [-0.1, -0.05) is 66.7 Å². The summed E-state index contributed by atoms with van der Waals surface area (Å²) in [5.41, 5.74) is 8.93. The molecule has 4 fully saturated rings. The summed E-state index contributed by atoms with van der Waals surface area (Å²) < 4.78 is 27.0. The second-order valence-electron chi connectivity index (χ2n) is 23.6. The largest absolute Gasteiger partial charge is 0.401 e. The molecule has 6 atom stereocenters. The number of aryl methyl sites for hydroxylation is 1. The molecule has 24 heteroatoms. The van der Waals surface area contributed by atoms with Gasteiger partial charge in [0.25, 0.3) is 11.4 Å². The zero-order chi connectivity index (χ0) is 62.4. The van der Waals surface area contributed by atoms with Crippen molar-refractivity contribution in [2.75, 3.05) is 26.3 Å². The fourth-order valence-electron chi connectivity index (χ4n) is 13.3. The summed E-state index contributed by atoms with van der Waals surface area (Å²) in [5.74, 6) is -3.08. The minimum atomic E-state index is -4.18. The van der Waals surface area contributed by atoms with E-state index in [-0.39, 0.29) is 99.5 Å². The minimum absolute atomic E-state index is 0.0276. The summed E-state index contributed by atoms with van der Waals surface area (Å²) in [7, 11) is -2.50. The summed E-state index contributed by atoms with van der Waals surface area (Å²) in [6.45, 7) is 3.27. The smallest absolute Gasteiger partial charge is 0.376 e. The summed E-state index contributed by atoms with van der Waals surface area (Å²) >= 11 is 0. The molecule has 4 aromatic carbocycles. The van der Waals surface area contributed by atoms with Crippen LogP contribution in [0.15, 0.2) is 108 Å². The van der Waals surface area contributed by atoms with Crippen molar-refractivity contribution in [3.8, 4) is 0 Å². The molecule has 4 aliphatic rings. The number of aromatic nitrogens is 3. The maximum absolute atomic E-state index is 14.8. The number of aliphatic hydroxyl groups is 1. The topological polar surface area (TPSA) is 316 Å². The Bertz CT molecular complexity index is 3660. The number of imide groups is 1. The van der Waals surface area contributed by atoms with Crippen molar-refractivity contribution in [1.29, 1.82) is 0 Å². The Balaban J connectivity index is 0.854. The van der Waals surface area contributed by atoms with Gasteiger partial charge in [0.05, 0.1) is 42.4 Å². The number of rotatable bonds is 22. The van der Waals surface area contributed by atoms with Crippen LogP contribution in [0.25, 0.3) is 21.9 Å². The number of carbonyl (C=O) groups excluding carboxylic acids is 8. The standard InChI is InChI=1S/C64H77N10O13P/c1-4-86-88(85,87-5-2)63(83)43-21-23-46-44(35-43)36-48(66-46)59(79)68-49-37-72(56(77)34-39-18-16-38(17-19-39)32-40-20-25-50-53(33-40)71(3)64(84)74(50)52-27-29-55(76)69-61(52)81)31-30-45-22-26-51(73(45)62(49)82)60(80)67-47(24-28-54(65)75)58(78)70-57(41-12-8-6-9-13-41)42-14-10-7-11-15-42/h6-15,20-21,23,25,33,35-36,38-39,45,47,49,51-52,57,62,66,82H,4-5,16-19,22,24,26-32,34,37H2,1-3H3,(H2,65,75)(H,67,80)(H,68,79)(H,70,78)(H,69,76,81)/t38?,39?,45-,47+,49+,51+,52-,62?/m1/s1. The van der Waals surface area contributed by atoms with Gasteiger partial charge in [-0.05, 0) is 143 Å². The average molecular weight is 1230 g/mol. The van der Waals surface area contributed by atoms with E-state index in [2.05, 4.69) is 26.3 Å². The van der Waals surface area contributed by atoms with Crippen LogP contribution in [0.1, 0.15) is 141 Å². The Morgan fingerprint density at radius 3 is 2.12 bits per heavy atom. The molecule has 7 amide bonds. The highest BCUT2D eigenvalue weighted by Crippen LogP contribution is 2.51. The van der Waals surface area contributed by atoms with Crippen LogP contribution in [0.3, 0.4) is 0 Å². The third-order valence-corrected chi connectivity index (χ3v) is 19.7. The van der Waals surface area contributed by atoms with Crippen LogP contribution in [0.2, 0.25) is 0 Å². The van der Waals surface area contributed by atoms with Crippen molar-refractivity contribution in [3.05, 3.63) is 142 Å². The summed E-state index contributed by atoms with van der Waals surface area (Å²) in [6.07, 6.45) is 3.88. The van der Waals surface area contributed by atoms with Crippen molar-refractivity contribution in [2.45, 2.75) is 140 Å². The molecule has 1 aliphatic carbocycles. The van der Waals surface area contributed by atoms with E-state index in [0.29, 0.717) is 40.7 Å². The molecule has 5 heterocycles. The number of hydrogen-bond donors (Lipinski definition) is 7. The normalized spacial score (nSPS) is 22.1. The van der Waals surface area contributed by atoms with E-state index in [1.54, 1.807) is 36.8 Å². The number of aliphatic hydroxyl groups excluding tert-OH is 1. The molecule has 6 aromatic rings. The van der Waals surface area contributed by atoms with Crippen molar-refractivity contribution < 1.29 is 57.1 Å². The van der Waals surface area contributed by atoms with Gasteiger partial charge in [-0.3, -0.25) is 62.3 Å². The fourth-order valence-corrected chi connectivity index (χ4v) is 14.7. The Kier molecular flexibility index (Phi) is 19.7. The van der Waals surface area contributed by atoms with Crippen LogP contribution in [0, 0.1) is 11.8 Å². The van der Waals surface area contributed by atoms with Crippen LogP contribution < -0.4 is 32.7 Å². The Labute approximate surface area is 509 Å². The molecule has 8 N–H and O–H groups in total. The lowest BCUT2D eigenvalue weighted by Crippen LogP contribution is -2.64. The zero-order valence-corrected chi connectivity index (χ0v) is 50.6. The van der Waals surface area contributed by atoms with E-state index in [0.717, 1.165) is 48.8 Å². The highest BCUT2D eigenvalue weighted by Gasteiger charge is 2.47. The number of aromatic amines is 1. The molecule has 88 heavy (non-hydrogen) atoms. The van der Waals surface area contributed by atoms with Crippen LogP contribution in [0.4, 0.5) is 0 Å². The Morgan fingerprint density at radius 1 is 0.784 bits per heavy atom. The second kappa shape index (κ2) is 27.5. The number of nitrogens with one attached hydrogen (secondary N) is 5. The molecular formula is C64H77N10O13P. The number of amides is 7. The Morgan fingerprint density at radius 2 is 1.47 bits per heavy atom. The number of fused-ring (bicyclic) bond motifs is 3. The maximum atomic E-state index is 14.8. The van der Waals surface area contributed by atoms with E-state index in [1.165, 1.54) is 27.3 Å². The second-order valence-corrected chi connectivity index (χ2v) is 25.5. The predicted molar refractivity (Wildman–Crippen MR) is 326 cm³/mol. The summed E-state index contributed by atoms with van der Waals surface area (Å²) in [4.78, 5) is 129. The monoisotopic (exact) mass is 1220 g/mol. The van der Waals surface area contributed by atoms with Crippen LogP contribution in [-0.4, -0.2) is 133 Å². The molecule has 0 radical (unpaired) electrons. The van der Waals surface area contributed by atoms with Crippen LogP contribution >= 0.6 is 7.60 Å². The number of H-pyrrole nitrogens is 1. The number of primary amides is 1. The molecule has 23 nitrogen and oxygen atoms in total. The average Bonchev–Trinajstić information content (AvgIpc) is 1.84. The molecule has 3 saturated heterocycles. The molecule has 3 aliphatic heterocycles. The van der Waals surface area contributed by atoms with E-state index in [4.69, 9.17) is 14.8 Å². The minimum Gasteiger partial charge on any atom is -0.376 e. The maximum Gasteiger partial charge on any atom is 0.401 e. The fraction of sp³-hybridized carbons (Fsp3) is 0.453. The van der Waals surface area contributed by atoms with Crippen molar-refractivity contribution >= 4 is 76.4 Å². The third-order valence-electron chi connectivity index (χ3n) is 17.8. The number of nitrogens with zero attached hydrogens (tertiary/aromatic N) is 4. The number of nitrogens with two attached hydrogens (primary N) is 1. The lowest BCUT2D eigenvalue weighted by Gasteiger charge is -2.43. The molecule has 466 valence electrons. The van der Waals surface area contributed by atoms with Gasteiger partial charge in [-0.15, -0.1) is 0 Å². The number of carbonyl (C=O) groups is 8. The first-order chi connectivity index (χ1) is 42.3. The van der Waals surface area contributed by atoms with Crippen LogP contribution in [-0.2, 0) is 55.8 Å². The third kappa shape index (κ3) is 13.9. The number of hydrogen-bond acceptors (Lipinski definition) is 14. The molecule has 1 unspecified atom stereocenters. The number of piperidine rings is 1. The number of imidazole rings is 1. The van der Waals surface area contributed by atoms with E-state index < -0.39 is 85.1 Å². The number of benzene rings is 4. The van der Waals surface area contributed by atoms with Gasteiger partial charge >= 0.3 is 13.3 Å². The van der Waals surface area contributed by atoms with Gasteiger partial charge in [-0.2, -0.15) is 0 Å². The van der Waals surface area contributed by atoms with Crippen molar-refractivity contribution in [3.63, 3.8) is 0 Å². The van der Waals surface area contributed by atoms with E-state index in [1.807, 2.05) is 78.9 Å². The summed E-state index contributed by atoms with van der Waals surface area (Å²) in [5, 5.41) is 24.4. The van der Waals surface area contributed by atoms with Gasteiger partial charge in [-0.25, -0.2) is 4.79 Å². The predicted octanol–water partition coefficient (Wildman–Crippen LogP) is 5.78. The van der Waals surface area contributed by atoms with Gasteiger partial charge in [0.2, 0.25) is 35.4 Å². The lowest BCUT2D eigenvalue weighted by molar-refractivity contribution is -0.142.